The van der Waals surface area contributed by atoms with Crippen molar-refractivity contribution in [3.05, 3.63) is 51.7 Å². The highest BCUT2D eigenvalue weighted by Gasteiger charge is 2.26. The van der Waals surface area contributed by atoms with Crippen molar-refractivity contribution in [3.8, 4) is 5.75 Å². The Balaban J connectivity index is 1.91. The molecule has 6 nitrogen and oxygen atoms in total. The maximum atomic E-state index is 12.3. The molecule has 8 heteroatoms. The molecule has 1 unspecified atom stereocenters. The van der Waals surface area contributed by atoms with Crippen molar-refractivity contribution in [2.75, 3.05) is 13.6 Å². The van der Waals surface area contributed by atoms with Gasteiger partial charge in [0.2, 0.25) is 5.90 Å². The third kappa shape index (κ3) is 4.43. The van der Waals surface area contributed by atoms with E-state index in [0.29, 0.717) is 16.8 Å². The van der Waals surface area contributed by atoms with Crippen LogP contribution in [0.25, 0.3) is 0 Å². The number of nitrogens with zero attached hydrogens (tertiary/aromatic N) is 3. The molecule has 0 fully saturated rings. The van der Waals surface area contributed by atoms with Gasteiger partial charge < -0.3 is 4.74 Å². The van der Waals surface area contributed by atoms with Gasteiger partial charge in [0.15, 0.2) is 17.3 Å². The minimum absolute atomic E-state index is 0.0150. The number of aliphatic imine (C=N–C) groups is 1. The van der Waals surface area contributed by atoms with Crippen LogP contribution < -0.4 is 4.74 Å². The number of carbonyl (C=O) groups is 2. The Morgan fingerprint density at radius 3 is 2.52 bits per heavy atom. The number of hydrazone groups is 1. The number of halogens is 2. The fourth-order valence-electron chi connectivity index (χ4n) is 2.98. The monoisotopic (exact) mass is 433 g/mol. The number of Topliss-reactive ketones (excluding diaryl/α,β-unsaturated/α-hetero) is 2. The minimum atomic E-state index is -0.162. The van der Waals surface area contributed by atoms with E-state index in [2.05, 4.69) is 16.7 Å². The molecule has 0 saturated heterocycles. The first-order chi connectivity index (χ1) is 13.7. The van der Waals surface area contributed by atoms with E-state index < -0.39 is 0 Å². The summed E-state index contributed by atoms with van der Waals surface area (Å²) in [6, 6.07) is 3.16. The summed E-state index contributed by atoms with van der Waals surface area (Å²) in [5.41, 5.74) is 2.04. The van der Waals surface area contributed by atoms with Crippen LogP contribution in [0.5, 0.6) is 5.75 Å². The van der Waals surface area contributed by atoms with Gasteiger partial charge in [0.25, 0.3) is 0 Å². The summed E-state index contributed by atoms with van der Waals surface area (Å²) in [6.45, 7) is 7.82. The molecule has 29 heavy (non-hydrogen) atoms. The summed E-state index contributed by atoms with van der Waals surface area (Å²) < 4.78 is 5.81. The summed E-state index contributed by atoms with van der Waals surface area (Å²) >= 11 is 12.8. The Bertz CT molecular complexity index is 972. The van der Waals surface area contributed by atoms with Gasteiger partial charge in [0.1, 0.15) is 12.3 Å². The number of ketones is 2. The Hall–Kier alpha value is -2.44. The van der Waals surface area contributed by atoms with E-state index in [1.807, 2.05) is 13.8 Å². The molecule has 0 bridgehead atoms. The Kier molecular flexibility index (Phi) is 6.24. The molecular weight excluding hydrogens is 413 g/mol. The van der Waals surface area contributed by atoms with E-state index in [9.17, 15) is 9.59 Å². The Labute approximate surface area is 179 Å². The predicted molar refractivity (Wildman–Crippen MR) is 115 cm³/mol. The Morgan fingerprint density at radius 2 is 1.90 bits per heavy atom. The highest BCUT2D eigenvalue weighted by Crippen LogP contribution is 2.36. The van der Waals surface area contributed by atoms with Crippen LogP contribution in [0.3, 0.4) is 0 Å². The second-order valence-corrected chi connectivity index (χ2v) is 7.81. The molecule has 0 aliphatic carbocycles. The molecule has 0 N–H and O–H groups in total. The maximum Gasteiger partial charge on any atom is 0.215 e. The summed E-state index contributed by atoms with van der Waals surface area (Å²) in [5.74, 6) is 0.418. The predicted octanol–water partition coefficient (Wildman–Crippen LogP) is 4.45. The van der Waals surface area contributed by atoms with Crippen LogP contribution in [-0.2, 0) is 9.59 Å². The van der Waals surface area contributed by atoms with E-state index in [4.69, 9.17) is 27.9 Å². The van der Waals surface area contributed by atoms with E-state index in [0.717, 1.165) is 6.42 Å². The lowest BCUT2D eigenvalue weighted by molar-refractivity contribution is -0.115. The van der Waals surface area contributed by atoms with Gasteiger partial charge in [-0.25, -0.2) is 4.99 Å². The highest BCUT2D eigenvalue weighted by molar-refractivity contribution is 6.48. The molecule has 1 aromatic rings. The lowest BCUT2D eigenvalue weighted by atomic mass is 9.93. The van der Waals surface area contributed by atoms with Crippen LogP contribution in [-0.4, -0.2) is 41.8 Å². The molecule has 0 saturated carbocycles. The van der Waals surface area contributed by atoms with Crippen molar-refractivity contribution in [3.63, 3.8) is 0 Å². The number of hydrogen-bond acceptors (Lipinski definition) is 6. The number of ether oxygens (including phenoxy) is 1. The van der Waals surface area contributed by atoms with Gasteiger partial charge in [-0.05, 0) is 24.5 Å². The fraction of sp³-hybridized carbons (Fsp3) is 0.333. The molecule has 152 valence electrons. The molecule has 1 aromatic carbocycles. The van der Waals surface area contributed by atoms with Crippen LogP contribution in [0.2, 0.25) is 10.0 Å². The van der Waals surface area contributed by atoms with Crippen molar-refractivity contribution in [1.29, 1.82) is 0 Å². The van der Waals surface area contributed by atoms with E-state index >= 15 is 0 Å². The lowest BCUT2D eigenvalue weighted by Crippen LogP contribution is -2.28. The molecule has 1 atom stereocenters. The van der Waals surface area contributed by atoms with E-state index in [-0.39, 0.29) is 57.9 Å². The highest BCUT2D eigenvalue weighted by atomic mass is 35.5. The zero-order chi connectivity index (χ0) is 21.3. The SMILES string of the molecule is C=C1CC(=O)C(c2cc(Cl)c(OC3=NCC(=O)C(C(C)CC)=C3)c(Cl)c2)=NN1C. The molecule has 0 amide bonds. The molecule has 3 rings (SSSR count). The standard InChI is InChI=1S/C21H21Cl2N3O3/c1-5-11(2)14-9-19(24-10-18(14)28)29-21-15(22)7-13(8-16(21)23)20-17(27)6-12(3)26(4)25-20/h7-9,11H,3,5-6,10H2,1-2,4H3. The van der Waals surface area contributed by atoms with Gasteiger partial charge in [-0.3, -0.25) is 14.6 Å². The fourth-order valence-corrected chi connectivity index (χ4v) is 3.54. The first-order valence-electron chi connectivity index (χ1n) is 9.21. The number of dihydropyridines is 1. The first-order valence-corrected chi connectivity index (χ1v) is 9.96. The molecule has 0 spiro atoms. The average Bonchev–Trinajstić information content (AvgIpc) is 2.68. The van der Waals surface area contributed by atoms with Crippen molar-refractivity contribution in [2.24, 2.45) is 16.0 Å². The summed E-state index contributed by atoms with van der Waals surface area (Å²) in [7, 11) is 1.72. The second-order valence-electron chi connectivity index (χ2n) is 7.00. The van der Waals surface area contributed by atoms with E-state index in [1.165, 1.54) is 0 Å². The largest absolute Gasteiger partial charge is 0.436 e. The normalized spacial score (nSPS) is 18.3. The van der Waals surface area contributed by atoms with Crippen LogP contribution in [0.1, 0.15) is 32.3 Å². The van der Waals surface area contributed by atoms with Crippen molar-refractivity contribution in [1.82, 2.24) is 5.01 Å². The number of benzene rings is 1. The van der Waals surface area contributed by atoms with Crippen molar-refractivity contribution >= 4 is 46.4 Å². The minimum Gasteiger partial charge on any atom is -0.436 e. The summed E-state index contributed by atoms with van der Waals surface area (Å²) in [6.07, 6.45) is 2.64. The number of carbonyl (C=O) groups excluding carboxylic acids is 2. The average molecular weight is 434 g/mol. The number of allylic oxidation sites excluding steroid dienone is 1. The third-order valence-electron chi connectivity index (χ3n) is 4.94. The maximum absolute atomic E-state index is 12.3. The summed E-state index contributed by atoms with van der Waals surface area (Å²) in [5, 5.41) is 6.25. The third-order valence-corrected chi connectivity index (χ3v) is 5.50. The Morgan fingerprint density at radius 1 is 1.24 bits per heavy atom. The number of rotatable bonds is 4. The van der Waals surface area contributed by atoms with Gasteiger partial charge in [-0.15, -0.1) is 0 Å². The molecule has 2 heterocycles. The molecule has 0 aromatic heterocycles. The topological polar surface area (TPSA) is 71.3 Å². The van der Waals surface area contributed by atoms with Gasteiger partial charge in [-0.2, -0.15) is 5.10 Å². The molecular formula is C21H21Cl2N3O3. The van der Waals surface area contributed by atoms with Crippen molar-refractivity contribution < 1.29 is 14.3 Å². The molecule has 0 radical (unpaired) electrons. The lowest BCUT2D eigenvalue weighted by Gasteiger charge is -2.23. The smallest absolute Gasteiger partial charge is 0.215 e. The van der Waals surface area contributed by atoms with Gasteiger partial charge in [-0.1, -0.05) is 43.6 Å². The molecule has 2 aliphatic rings. The summed E-state index contributed by atoms with van der Waals surface area (Å²) in [4.78, 5) is 28.6. The zero-order valence-corrected chi connectivity index (χ0v) is 18.0. The van der Waals surface area contributed by atoms with Gasteiger partial charge >= 0.3 is 0 Å². The van der Waals surface area contributed by atoms with Crippen molar-refractivity contribution in [2.45, 2.75) is 26.7 Å². The van der Waals surface area contributed by atoms with Crippen LogP contribution >= 0.6 is 23.2 Å². The molecule has 2 aliphatic heterocycles. The second kappa shape index (κ2) is 8.51. The first kappa shape index (κ1) is 21.3. The van der Waals surface area contributed by atoms with Gasteiger partial charge in [0, 0.05) is 30.0 Å². The van der Waals surface area contributed by atoms with Crippen LogP contribution in [0.4, 0.5) is 0 Å². The van der Waals surface area contributed by atoms with Crippen LogP contribution in [0, 0.1) is 5.92 Å². The quantitative estimate of drug-likeness (QED) is 0.702. The van der Waals surface area contributed by atoms with Gasteiger partial charge in [0.05, 0.1) is 16.5 Å². The number of hydrogen-bond donors (Lipinski definition) is 0. The van der Waals surface area contributed by atoms with Crippen LogP contribution in [0.15, 0.2) is 46.2 Å². The zero-order valence-electron chi connectivity index (χ0n) is 16.5. The van der Waals surface area contributed by atoms with E-state index in [1.54, 1.807) is 30.3 Å².